The molecule has 4 heteroatoms. The molecule has 1 saturated carbocycles. The molecule has 134 valence electrons. The first kappa shape index (κ1) is 17.7. The Hall–Kier alpha value is -2.10. The zero-order valence-electron chi connectivity index (χ0n) is 15.6. The van der Waals surface area contributed by atoms with Crippen LogP contribution in [-0.2, 0) is 4.74 Å². The second kappa shape index (κ2) is 7.03. The molecule has 0 spiro atoms. The number of carbonyl (C=O) groups excluding carboxylic acids is 1. The minimum atomic E-state index is -0.320. The zero-order chi connectivity index (χ0) is 18.0. The standard InChI is InChI=1S/C21H28N2O2/c1-21(2,3)17-7-9-18(10-8-17)23-19-12-14-5-6-15(20(24)25-4)11-16(14)13-22-19/h5-6,11-13,17-18H,7-10H2,1-4H3,(H,22,23)/t17-,18-. The first-order valence-electron chi connectivity index (χ1n) is 9.11. The fourth-order valence-electron chi connectivity index (χ4n) is 3.78. The van der Waals surface area contributed by atoms with Gasteiger partial charge in [0.15, 0.2) is 0 Å². The number of nitrogens with one attached hydrogen (secondary N) is 1. The lowest BCUT2D eigenvalue weighted by molar-refractivity contribution is 0.0601. The van der Waals surface area contributed by atoms with Gasteiger partial charge < -0.3 is 10.1 Å². The molecule has 3 rings (SSSR count). The second-order valence-electron chi connectivity index (χ2n) is 8.18. The van der Waals surface area contributed by atoms with Gasteiger partial charge in [0.2, 0.25) is 0 Å². The summed E-state index contributed by atoms with van der Waals surface area (Å²) in [7, 11) is 1.40. The Bertz CT molecular complexity index is 756. The normalized spacial score (nSPS) is 21.1. The lowest BCUT2D eigenvalue weighted by Crippen LogP contribution is -2.31. The molecular formula is C21H28N2O2. The van der Waals surface area contributed by atoms with Gasteiger partial charge in [0.1, 0.15) is 5.82 Å². The first-order valence-corrected chi connectivity index (χ1v) is 9.11. The number of nitrogens with zero attached hydrogens (tertiary/aromatic N) is 1. The van der Waals surface area contributed by atoms with Crippen LogP contribution in [-0.4, -0.2) is 24.1 Å². The Kier molecular flexibility index (Phi) is 4.98. The van der Waals surface area contributed by atoms with E-state index >= 15 is 0 Å². The molecule has 0 bridgehead atoms. The second-order valence-corrected chi connectivity index (χ2v) is 8.18. The number of anilines is 1. The van der Waals surface area contributed by atoms with Crippen molar-refractivity contribution in [2.75, 3.05) is 12.4 Å². The Morgan fingerprint density at radius 2 is 1.84 bits per heavy atom. The van der Waals surface area contributed by atoms with Crippen LogP contribution in [0.15, 0.2) is 30.5 Å². The number of aromatic nitrogens is 1. The minimum Gasteiger partial charge on any atom is -0.465 e. The van der Waals surface area contributed by atoms with Crippen molar-refractivity contribution < 1.29 is 9.53 Å². The predicted molar refractivity (Wildman–Crippen MR) is 102 cm³/mol. The largest absolute Gasteiger partial charge is 0.465 e. The summed E-state index contributed by atoms with van der Waals surface area (Å²) in [6.45, 7) is 7.04. The van der Waals surface area contributed by atoms with E-state index in [4.69, 9.17) is 4.74 Å². The van der Waals surface area contributed by atoms with E-state index in [1.54, 1.807) is 6.07 Å². The van der Waals surface area contributed by atoms with Gasteiger partial charge in [-0.3, -0.25) is 0 Å². The van der Waals surface area contributed by atoms with Crippen molar-refractivity contribution in [3.8, 4) is 0 Å². The van der Waals surface area contributed by atoms with Crippen LogP contribution in [0.5, 0.6) is 0 Å². The van der Waals surface area contributed by atoms with E-state index in [0.29, 0.717) is 17.0 Å². The van der Waals surface area contributed by atoms with Crippen LogP contribution in [0.2, 0.25) is 0 Å². The molecule has 0 radical (unpaired) electrons. The molecule has 1 aromatic heterocycles. The molecule has 1 N–H and O–H groups in total. The smallest absolute Gasteiger partial charge is 0.337 e. The number of benzene rings is 1. The molecule has 1 aliphatic carbocycles. The number of hydrogen-bond acceptors (Lipinski definition) is 4. The number of carbonyl (C=O) groups is 1. The van der Waals surface area contributed by atoms with Gasteiger partial charge in [-0.1, -0.05) is 26.8 Å². The molecule has 2 aromatic rings. The highest BCUT2D eigenvalue weighted by molar-refractivity contribution is 5.95. The van der Waals surface area contributed by atoms with Crippen molar-refractivity contribution in [2.45, 2.75) is 52.5 Å². The summed E-state index contributed by atoms with van der Waals surface area (Å²) < 4.78 is 4.77. The van der Waals surface area contributed by atoms with Crippen LogP contribution in [0, 0.1) is 11.3 Å². The Balaban J connectivity index is 1.68. The van der Waals surface area contributed by atoms with E-state index in [1.807, 2.05) is 18.3 Å². The molecule has 1 fully saturated rings. The van der Waals surface area contributed by atoms with Crippen molar-refractivity contribution in [3.63, 3.8) is 0 Å². The minimum absolute atomic E-state index is 0.320. The van der Waals surface area contributed by atoms with Crippen LogP contribution < -0.4 is 5.32 Å². The molecule has 0 unspecified atom stereocenters. The lowest BCUT2D eigenvalue weighted by Gasteiger charge is -2.37. The van der Waals surface area contributed by atoms with Gasteiger partial charge in [-0.25, -0.2) is 9.78 Å². The number of pyridine rings is 1. The van der Waals surface area contributed by atoms with Gasteiger partial charge in [0, 0.05) is 17.6 Å². The average molecular weight is 340 g/mol. The molecular weight excluding hydrogens is 312 g/mol. The van der Waals surface area contributed by atoms with E-state index in [0.717, 1.165) is 22.5 Å². The molecule has 1 aliphatic rings. The topological polar surface area (TPSA) is 51.2 Å². The maximum absolute atomic E-state index is 11.6. The van der Waals surface area contributed by atoms with Crippen molar-refractivity contribution in [3.05, 3.63) is 36.0 Å². The molecule has 0 atom stereocenters. The summed E-state index contributed by atoms with van der Waals surface area (Å²) >= 11 is 0. The molecule has 0 saturated heterocycles. The van der Waals surface area contributed by atoms with E-state index in [1.165, 1.54) is 32.8 Å². The van der Waals surface area contributed by atoms with Gasteiger partial charge in [-0.05, 0) is 60.6 Å². The molecule has 0 aliphatic heterocycles. The summed E-state index contributed by atoms with van der Waals surface area (Å²) in [5.41, 5.74) is 0.960. The number of esters is 1. The number of methoxy groups -OCH3 is 1. The molecule has 1 heterocycles. The van der Waals surface area contributed by atoms with Crippen molar-refractivity contribution in [2.24, 2.45) is 11.3 Å². The van der Waals surface area contributed by atoms with Crippen LogP contribution >= 0.6 is 0 Å². The van der Waals surface area contributed by atoms with Crippen LogP contribution in [0.25, 0.3) is 10.8 Å². The van der Waals surface area contributed by atoms with Gasteiger partial charge in [-0.15, -0.1) is 0 Å². The number of fused-ring (bicyclic) bond motifs is 1. The summed E-state index contributed by atoms with van der Waals surface area (Å²) in [5.74, 6) is 1.41. The van der Waals surface area contributed by atoms with Crippen molar-refractivity contribution >= 4 is 22.6 Å². The highest BCUT2D eigenvalue weighted by Crippen LogP contribution is 2.38. The van der Waals surface area contributed by atoms with Crippen LogP contribution in [0.1, 0.15) is 56.8 Å². The van der Waals surface area contributed by atoms with Gasteiger partial charge >= 0.3 is 5.97 Å². The van der Waals surface area contributed by atoms with E-state index in [9.17, 15) is 4.79 Å². The third-order valence-corrected chi connectivity index (χ3v) is 5.45. The van der Waals surface area contributed by atoms with Crippen LogP contribution in [0.4, 0.5) is 5.82 Å². The van der Waals surface area contributed by atoms with E-state index < -0.39 is 0 Å². The summed E-state index contributed by atoms with van der Waals surface area (Å²) in [6, 6.07) is 8.13. The fourth-order valence-corrected chi connectivity index (χ4v) is 3.78. The van der Waals surface area contributed by atoms with E-state index in [2.05, 4.69) is 37.1 Å². The maximum Gasteiger partial charge on any atom is 0.337 e. The zero-order valence-corrected chi connectivity index (χ0v) is 15.6. The van der Waals surface area contributed by atoms with Crippen molar-refractivity contribution in [1.29, 1.82) is 0 Å². The average Bonchev–Trinajstić information content (AvgIpc) is 2.60. The maximum atomic E-state index is 11.6. The summed E-state index contributed by atoms with van der Waals surface area (Å²) in [4.78, 5) is 16.2. The highest BCUT2D eigenvalue weighted by atomic mass is 16.5. The Morgan fingerprint density at radius 1 is 1.12 bits per heavy atom. The first-order chi connectivity index (χ1) is 11.9. The molecule has 25 heavy (non-hydrogen) atoms. The number of ether oxygens (including phenoxy) is 1. The van der Waals surface area contributed by atoms with Gasteiger partial charge in [-0.2, -0.15) is 0 Å². The molecule has 1 aromatic carbocycles. The predicted octanol–water partition coefficient (Wildman–Crippen LogP) is 5.04. The third-order valence-electron chi connectivity index (χ3n) is 5.45. The van der Waals surface area contributed by atoms with Crippen LogP contribution in [0.3, 0.4) is 0 Å². The Morgan fingerprint density at radius 3 is 2.48 bits per heavy atom. The number of rotatable bonds is 3. The van der Waals surface area contributed by atoms with E-state index in [-0.39, 0.29) is 5.97 Å². The SMILES string of the molecule is COC(=O)c1ccc2cc(N[C@H]3CC[C@H](C(C)(C)C)CC3)ncc2c1. The van der Waals surface area contributed by atoms with Gasteiger partial charge in [0.05, 0.1) is 12.7 Å². The van der Waals surface area contributed by atoms with Gasteiger partial charge in [0.25, 0.3) is 0 Å². The van der Waals surface area contributed by atoms with Crippen molar-refractivity contribution in [1.82, 2.24) is 4.98 Å². The number of hydrogen-bond donors (Lipinski definition) is 1. The highest BCUT2D eigenvalue weighted by Gasteiger charge is 2.29. The lowest BCUT2D eigenvalue weighted by atomic mass is 9.71. The monoisotopic (exact) mass is 340 g/mol. The molecule has 4 nitrogen and oxygen atoms in total. The quantitative estimate of drug-likeness (QED) is 0.796. The fraction of sp³-hybridized carbons (Fsp3) is 0.524. The Labute approximate surface area is 150 Å². The third kappa shape index (κ3) is 4.12. The summed E-state index contributed by atoms with van der Waals surface area (Å²) in [6.07, 6.45) is 6.77. The molecule has 0 amide bonds. The summed E-state index contributed by atoms with van der Waals surface area (Å²) in [5, 5.41) is 5.62.